The standard InChI is InChI=1S/C15H22N2O/c1-4-17-15(3,11-8-6-5-7-9-11)13(18)14(2)10-12(14)16/h5-9,12,17H,4,10,16H2,1-3H3. The molecule has 3 atom stereocenters. The van der Waals surface area contributed by atoms with Gasteiger partial charge in [-0.3, -0.25) is 4.79 Å². The molecule has 1 aliphatic carbocycles. The first-order chi connectivity index (χ1) is 8.45. The van der Waals surface area contributed by atoms with Crippen molar-refractivity contribution in [3.8, 4) is 0 Å². The van der Waals surface area contributed by atoms with Gasteiger partial charge in [0.1, 0.15) is 5.54 Å². The van der Waals surface area contributed by atoms with Crippen LogP contribution in [0.15, 0.2) is 30.3 Å². The van der Waals surface area contributed by atoms with Gasteiger partial charge in [0.15, 0.2) is 5.78 Å². The Morgan fingerprint density at radius 3 is 2.50 bits per heavy atom. The largest absolute Gasteiger partial charge is 0.327 e. The molecule has 3 N–H and O–H groups in total. The van der Waals surface area contributed by atoms with Crippen LogP contribution in [0, 0.1) is 5.41 Å². The van der Waals surface area contributed by atoms with Crippen LogP contribution in [0.1, 0.15) is 32.8 Å². The number of nitrogens with one attached hydrogen (secondary N) is 1. The fraction of sp³-hybridized carbons (Fsp3) is 0.533. The van der Waals surface area contributed by atoms with Crippen molar-refractivity contribution in [2.24, 2.45) is 11.1 Å². The summed E-state index contributed by atoms with van der Waals surface area (Å²) in [5.41, 5.74) is 5.93. The van der Waals surface area contributed by atoms with Crippen LogP contribution in [0.5, 0.6) is 0 Å². The summed E-state index contributed by atoms with van der Waals surface area (Å²) in [6.07, 6.45) is 0.791. The Morgan fingerprint density at radius 1 is 1.50 bits per heavy atom. The van der Waals surface area contributed by atoms with Crippen molar-refractivity contribution in [1.82, 2.24) is 5.32 Å². The fourth-order valence-corrected chi connectivity index (χ4v) is 2.67. The maximum absolute atomic E-state index is 12.8. The van der Waals surface area contributed by atoms with Crippen LogP contribution < -0.4 is 11.1 Å². The SMILES string of the molecule is CCNC(C)(C(=O)C1(C)CC1N)c1ccccc1. The first-order valence-corrected chi connectivity index (χ1v) is 6.56. The second-order valence-corrected chi connectivity index (χ2v) is 5.58. The molecule has 2 rings (SSSR count). The number of nitrogens with two attached hydrogens (primary N) is 1. The zero-order valence-electron chi connectivity index (χ0n) is 11.4. The monoisotopic (exact) mass is 246 g/mol. The molecule has 1 aliphatic rings. The van der Waals surface area contributed by atoms with Crippen molar-refractivity contribution in [2.45, 2.75) is 38.8 Å². The van der Waals surface area contributed by atoms with Gasteiger partial charge in [-0.15, -0.1) is 0 Å². The second kappa shape index (κ2) is 4.48. The van der Waals surface area contributed by atoms with Gasteiger partial charge in [-0.05, 0) is 25.5 Å². The predicted octanol–water partition coefficient (Wildman–Crippen LogP) is 1.82. The lowest BCUT2D eigenvalue weighted by Crippen LogP contribution is -2.50. The lowest BCUT2D eigenvalue weighted by Gasteiger charge is -2.32. The molecule has 0 aromatic heterocycles. The number of carbonyl (C=O) groups is 1. The molecule has 0 aliphatic heterocycles. The summed E-state index contributed by atoms with van der Waals surface area (Å²) in [4.78, 5) is 12.8. The van der Waals surface area contributed by atoms with Crippen molar-refractivity contribution in [2.75, 3.05) is 6.54 Å². The first-order valence-electron chi connectivity index (χ1n) is 6.56. The third-order valence-electron chi connectivity index (χ3n) is 4.16. The third-order valence-corrected chi connectivity index (χ3v) is 4.16. The molecule has 1 saturated carbocycles. The average Bonchev–Trinajstić information content (AvgIpc) is 2.99. The van der Waals surface area contributed by atoms with Gasteiger partial charge in [0.05, 0.1) is 0 Å². The van der Waals surface area contributed by atoms with Crippen molar-refractivity contribution in [3.05, 3.63) is 35.9 Å². The molecule has 1 aromatic rings. The van der Waals surface area contributed by atoms with E-state index < -0.39 is 5.54 Å². The van der Waals surface area contributed by atoms with Crippen LogP contribution in [0.3, 0.4) is 0 Å². The minimum atomic E-state index is -0.640. The number of rotatable bonds is 5. The molecule has 0 radical (unpaired) electrons. The number of likely N-dealkylation sites (N-methyl/N-ethyl adjacent to an activating group) is 1. The Labute approximate surface area is 109 Å². The number of carbonyl (C=O) groups excluding carboxylic acids is 1. The maximum Gasteiger partial charge on any atom is 0.164 e. The van der Waals surface area contributed by atoms with Gasteiger partial charge in [-0.1, -0.05) is 44.2 Å². The number of hydrogen-bond acceptors (Lipinski definition) is 3. The Bertz CT molecular complexity index is 445. The molecule has 0 amide bonds. The zero-order valence-corrected chi connectivity index (χ0v) is 11.4. The van der Waals surface area contributed by atoms with E-state index in [1.165, 1.54) is 0 Å². The van der Waals surface area contributed by atoms with Crippen LogP contribution in [-0.2, 0) is 10.3 Å². The minimum Gasteiger partial charge on any atom is -0.327 e. The molecule has 98 valence electrons. The zero-order chi connectivity index (χ0) is 13.4. The third kappa shape index (κ3) is 1.98. The molecule has 1 aromatic carbocycles. The number of hydrogen-bond donors (Lipinski definition) is 2. The summed E-state index contributed by atoms with van der Waals surface area (Å²) in [5, 5.41) is 3.34. The van der Waals surface area contributed by atoms with E-state index in [0.717, 1.165) is 18.5 Å². The van der Waals surface area contributed by atoms with Gasteiger partial charge in [0, 0.05) is 11.5 Å². The smallest absolute Gasteiger partial charge is 0.164 e. The molecule has 3 heteroatoms. The van der Waals surface area contributed by atoms with Crippen LogP contribution in [0.4, 0.5) is 0 Å². The molecule has 0 spiro atoms. The molecule has 18 heavy (non-hydrogen) atoms. The summed E-state index contributed by atoms with van der Waals surface area (Å²) in [6, 6.07) is 9.90. The highest BCUT2D eigenvalue weighted by molar-refractivity contribution is 5.97. The van der Waals surface area contributed by atoms with E-state index in [1.54, 1.807) is 0 Å². The molecule has 3 nitrogen and oxygen atoms in total. The number of benzene rings is 1. The maximum atomic E-state index is 12.8. The highest BCUT2D eigenvalue weighted by atomic mass is 16.1. The highest BCUT2D eigenvalue weighted by Gasteiger charge is 2.58. The highest BCUT2D eigenvalue weighted by Crippen LogP contribution is 2.48. The average molecular weight is 246 g/mol. The molecule has 3 unspecified atom stereocenters. The first kappa shape index (κ1) is 13.2. The lowest BCUT2D eigenvalue weighted by atomic mass is 9.80. The van der Waals surface area contributed by atoms with Gasteiger partial charge < -0.3 is 11.1 Å². The molecule has 1 fully saturated rings. The summed E-state index contributed by atoms with van der Waals surface area (Å²) < 4.78 is 0. The van der Waals surface area contributed by atoms with Crippen molar-refractivity contribution in [1.29, 1.82) is 0 Å². The summed E-state index contributed by atoms with van der Waals surface area (Å²) in [7, 11) is 0. The molecule has 0 heterocycles. The minimum absolute atomic E-state index is 0.00620. The summed E-state index contributed by atoms with van der Waals surface area (Å²) in [6.45, 7) is 6.70. The van der Waals surface area contributed by atoms with Crippen LogP contribution in [0.2, 0.25) is 0 Å². The predicted molar refractivity (Wildman–Crippen MR) is 73.2 cm³/mol. The van der Waals surface area contributed by atoms with Crippen molar-refractivity contribution in [3.63, 3.8) is 0 Å². The van der Waals surface area contributed by atoms with Gasteiger partial charge in [-0.25, -0.2) is 0 Å². The van der Waals surface area contributed by atoms with E-state index in [-0.39, 0.29) is 17.2 Å². The number of ketones is 1. The van der Waals surface area contributed by atoms with Crippen LogP contribution in [-0.4, -0.2) is 18.4 Å². The van der Waals surface area contributed by atoms with E-state index in [2.05, 4.69) is 5.32 Å². The van der Waals surface area contributed by atoms with Crippen molar-refractivity contribution >= 4 is 5.78 Å². The van der Waals surface area contributed by atoms with E-state index in [0.29, 0.717) is 0 Å². The second-order valence-electron chi connectivity index (χ2n) is 5.58. The Hall–Kier alpha value is -1.19. The van der Waals surface area contributed by atoms with E-state index >= 15 is 0 Å². The van der Waals surface area contributed by atoms with Gasteiger partial charge in [0.25, 0.3) is 0 Å². The lowest BCUT2D eigenvalue weighted by molar-refractivity contribution is -0.130. The molecule has 0 bridgehead atoms. The summed E-state index contributed by atoms with van der Waals surface area (Å²) >= 11 is 0. The normalized spacial score (nSPS) is 29.7. The topological polar surface area (TPSA) is 55.1 Å². The fourth-order valence-electron chi connectivity index (χ4n) is 2.67. The summed E-state index contributed by atoms with van der Waals surface area (Å²) in [5.74, 6) is 0.204. The van der Waals surface area contributed by atoms with Crippen LogP contribution in [0.25, 0.3) is 0 Å². The van der Waals surface area contributed by atoms with Gasteiger partial charge in [-0.2, -0.15) is 0 Å². The van der Waals surface area contributed by atoms with Crippen LogP contribution >= 0.6 is 0 Å². The Balaban J connectivity index is 2.36. The van der Waals surface area contributed by atoms with Crippen molar-refractivity contribution < 1.29 is 4.79 Å². The Kier molecular flexibility index (Phi) is 3.30. The molecular formula is C15H22N2O. The van der Waals surface area contributed by atoms with E-state index in [9.17, 15) is 4.79 Å². The number of Topliss-reactive ketones (excluding diaryl/α,β-unsaturated/α-hetero) is 1. The van der Waals surface area contributed by atoms with E-state index in [1.807, 2.05) is 51.1 Å². The van der Waals surface area contributed by atoms with E-state index in [4.69, 9.17) is 5.73 Å². The van der Waals surface area contributed by atoms with Gasteiger partial charge >= 0.3 is 0 Å². The molecular weight excluding hydrogens is 224 g/mol. The van der Waals surface area contributed by atoms with Gasteiger partial charge in [0.2, 0.25) is 0 Å². The Morgan fingerprint density at radius 2 is 2.06 bits per heavy atom. The molecule has 0 saturated heterocycles. The quantitative estimate of drug-likeness (QED) is 0.833.